The number of oxazole rings is 1. The molecule has 28 heavy (non-hydrogen) atoms. The SMILES string of the molecule is FC(F)(F)COc1cccc(CN2CCC[C@@H](c3nc4ccccc4o3)C2)c1. The first-order valence-corrected chi connectivity index (χ1v) is 9.32. The molecule has 3 aromatic rings. The molecule has 0 saturated carbocycles. The summed E-state index contributed by atoms with van der Waals surface area (Å²) in [6.45, 7) is 1.12. The average Bonchev–Trinajstić information content (AvgIpc) is 3.11. The van der Waals surface area contributed by atoms with Crippen LogP contribution in [0.4, 0.5) is 13.2 Å². The number of hydrogen-bond donors (Lipinski definition) is 0. The zero-order valence-corrected chi connectivity index (χ0v) is 15.3. The maximum absolute atomic E-state index is 12.3. The van der Waals surface area contributed by atoms with E-state index >= 15 is 0 Å². The molecule has 1 saturated heterocycles. The summed E-state index contributed by atoms with van der Waals surface area (Å²) in [6, 6.07) is 14.6. The first-order valence-electron chi connectivity index (χ1n) is 9.32. The van der Waals surface area contributed by atoms with Crippen molar-refractivity contribution < 1.29 is 22.3 Å². The van der Waals surface area contributed by atoms with Crippen LogP contribution in [0.2, 0.25) is 0 Å². The Hall–Kier alpha value is -2.54. The van der Waals surface area contributed by atoms with Crippen molar-refractivity contribution in [2.45, 2.75) is 31.5 Å². The Labute approximate surface area is 160 Å². The third-order valence-corrected chi connectivity index (χ3v) is 4.87. The number of aromatic nitrogens is 1. The maximum Gasteiger partial charge on any atom is 0.422 e. The van der Waals surface area contributed by atoms with Crippen molar-refractivity contribution in [1.29, 1.82) is 0 Å². The Bertz CT molecular complexity index is 906. The molecule has 4 rings (SSSR count). The molecule has 0 unspecified atom stereocenters. The van der Waals surface area contributed by atoms with Crippen molar-refractivity contribution in [3.8, 4) is 5.75 Å². The lowest BCUT2D eigenvalue weighted by molar-refractivity contribution is -0.153. The number of para-hydroxylation sites is 2. The van der Waals surface area contributed by atoms with Gasteiger partial charge in [0.15, 0.2) is 18.1 Å². The Morgan fingerprint density at radius 2 is 2.00 bits per heavy atom. The van der Waals surface area contributed by atoms with Gasteiger partial charge in [-0.25, -0.2) is 4.98 Å². The minimum atomic E-state index is -4.34. The number of likely N-dealkylation sites (tertiary alicyclic amines) is 1. The number of fused-ring (bicyclic) bond motifs is 1. The van der Waals surface area contributed by atoms with E-state index in [2.05, 4.69) is 9.88 Å². The summed E-state index contributed by atoms with van der Waals surface area (Å²) < 4.78 is 47.8. The van der Waals surface area contributed by atoms with Crippen LogP contribution in [0.25, 0.3) is 11.1 Å². The molecule has 2 aromatic carbocycles. The summed E-state index contributed by atoms with van der Waals surface area (Å²) in [6.07, 6.45) is -2.30. The summed E-state index contributed by atoms with van der Waals surface area (Å²) in [5.41, 5.74) is 2.59. The summed E-state index contributed by atoms with van der Waals surface area (Å²) in [5, 5.41) is 0. The van der Waals surface area contributed by atoms with Gasteiger partial charge in [-0.2, -0.15) is 13.2 Å². The van der Waals surface area contributed by atoms with E-state index in [-0.39, 0.29) is 11.7 Å². The van der Waals surface area contributed by atoms with Gasteiger partial charge in [-0.05, 0) is 49.2 Å². The fraction of sp³-hybridized carbons (Fsp3) is 0.381. The number of halogens is 3. The molecule has 1 atom stereocenters. The van der Waals surface area contributed by atoms with Gasteiger partial charge in [-0.15, -0.1) is 0 Å². The van der Waals surface area contributed by atoms with E-state index in [1.165, 1.54) is 0 Å². The lowest BCUT2D eigenvalue weighted by atomic mass is 9.97. The van der Waals surface area contributed by atoms with Crippen LogP contribution in [0.3, 0.4) is 0 Å². The number of hydrogen-bond acceptors (Lipinski definition) is 4. The van der Waals surface area contributed by atoms with Gasteiger partial charge in [-0.3, -0.25) is 4.90 Å². The van der Waals surface area contributed by atoms with E-state index in [0.29, 0.717) is 6.54 Å². The van der Waals surface area contributed by atoms with E-state index in [4.69, 9.17) is 9.15 Å². The molecule has 1 fully saturated rings. The first kappa shape index (κ1) is 18.8. The van der Waals surface area contributed by atoms with E-state index in [1.54, 1.807) is 18.2 Å². The quantitative estimate of drug-likeness (QED) is 0.604. The molecule has 0 N–H and O–H groups in total. The Morgan fingerprint density at radius 1 is 1.14 bits per heavy atom. The second kappa shape index (κ2) is 7.83. The smallest absolute Gasteiger partial charge is 0.422 e. The van der Waals surface area contributed by atoms with Gasteiger partial charge in [0.25, 0.3) is 0 Å². The molecule has 0 spiro atoms. The predicted molar refractivity (Wildman–Crippen MR) is 99.3 cm³/mol. The summed E-state index contributed by atoms with van der Waals surface area (Å²) in [5.74, 6) is 1.21. The lowest BCUT2D eigenvalue weighted by Gasteiger charge is -2.31. The van der Waals surface area contributed by atoms with Crippen molar-refractivity contribution in [1.82, 2.24) is 9.88 Å². The van der Waals surface area contributed by atoms with Gasteiger partial charge in [0.1, 0.15) is 11.3 Å². The zero-order chi connectivity index (χ0) is 19.6. The molecule has 1 aliphatic rings. The van der Waals surface area contributed by atoms with Crippen LogP contribution in [-0.2, 0) is 6.54 Å². The molecule has 148 valence electrons. The van der Waals surface area contributed by atoms with Crippen molar-refractivity contribution >= 4 is 11.1 Å². The first-order chi connectivity index (χ1) is 13.5. The molecular formula is C21H21F3N2O2. The highest BCUT2D eigenvalue weighted by Gasteiger charge is 2.28. The number of ether oxygens (including phenoxy) is 1. The Kier molecular flexibility index (Phi) is 5.26. The molecule has 0 aliphatic carbocycles. The van der Waals surface area contributed by atoms with Crippen LogP contribution in [0, 0.1) is 0 Å². The lowest BCUT2D eigenvalue weighted by Crippen LogP contribution is -2.34. The van der Waals surface area contributed by atoms with Crippen molar-refractivity contribution in [2.75, 3.05) is 19.7 Å². The molecular weight excluding hydrogens is 369 g/mol. The van der Waals surface area contributed by atoms with E-state index in [9.17, 15) is 13.2 Å². The normalized spacial score (nSPS) is 18.5. The largest absolute Gasteiger partial charge is 0.484 e. The standard InChI is InChI=1S/C21H21F3N2O2/c22-21(23,24)14-27-17-7-3-5-15(11-17)12-26-10-4-6-16(13-26)20-25-18-8-1-2-9-19(18)28-20/h1-3,5,7-9,11,16H,4,6,10,12-14H2/t16-/m1/s1. The predicted octanol–water partition coefficient (Wildman–Crippen LogP) is 5.15. The van der Waals surface area contributed by atoms with E-state index in [1.807, 2.05) is 30.3 Å². The van der Waals surface area contributed by atoms with Gasteiger partial charge < -0.3 is 9.15 Å². The van der Waals surface area contributed by atoms with Crippen LogP contribution in [0.15, 0.2) is 52.9 Å². The minimum absolute atomic E-state index is 0.214. The fourth-order valence-corrected chi connectivity index (χ4v) is 3.62. The molecule has 4 nitrogen and oxygen atoms in total. The average molecular weight is 390 g/mol. The summed E-state index contributed by atoms with van der Waals surface area (Å²) in [4.78, 5) is 6.90. The van der Waals surface area contributed by atoms with Gasteiger partial charge in [-0.1, -0.05) is 24.3 Å². The highest BCUT2D eigenvalue weighted by Crippen LogP contribution is 2.30. The second-order valence-corrected chi connectivity index (χ2v) is 7.15. The van der Waals surface area contributed by atoms with Gasteiger partial charge >= 0.3 is 6.18 Å². The number of benzene rings is 2. The summed E-state index contributed by atoms with van der Waals surface area (Å²) >= 11 is 0. The number of nitrogens with zero attached hydrogens (tertiary/aromatic N) is 2. The monoisotopic (exact) mass is 390 g/mol. The number of piperidine rings is 1. The molecule has 7 heteroatoms. The van der Waals surface area contributed by atoms with Crippen LogP contribution in [0.5, 0.6) is 5.75 Å². The Morgan fingerprint density at radius 3 is 2.82 bits per heavy atom. The summed E-state index contributed by atoms with van der Waals surface area (Å²) in [7, 11) is 0. The van der Waals surface area contributed by atoms with Crippen LogP contribution >= 0.6 is 0 Å². The van der Waals surface area contributed by atoms with Crippen molar-refractivity contribution in [2.24, 2.45) is 0 Å². The highest BCUT2D eigenvalue weighted by atomic mass is 19.4. The van der Waals surface area contributed by atoms with Crippen molar-refractivity contribution in [3.63, 3.8) is 0 Å². The molecule has 1 aromatic heterocycles. The molecule has 1 aliphatic heterocycles. The highest BCUT2D eigenvalue weighted by molar-refractivity contribution is 5.72. The molecule has 0 radical (unpaired) electrons. The van der Waals surface area contributed by atoms with Gasteiger partial charge in [0.2, 0.25) is 0 Å². The Balaban J connectivity index is 1.41. The van der Waals surface area contributed by atoms with Crippen LogP contribution in [0.1, 0.15) is 30.2 Å². The minimum Gasteiger partial charge on any atom is -0.484 e. The molecule has 2 heterocycles. The van der Waals surface area contributed by atoms with Crippen LogP contribution < -0.4 is 4.74 Å². The van der Waals surface area contributed by atoms with Gasteiger partial charge in [0, 0.05) is 19.0 Å². The van der Waals surface area contributed by atoms with E-state index in [0.717, 1.165) is 48.5 Å². The maximum atomic E-state index is 12.3. The topological polar surface area (TPSA) is 38.5 Å². The van der Waals surface area contributed by atoms with Crippen LogP contribution in [-0.4, -0.2) is 35.8 Å². The van der Waals surface area contributed by atoms with Crippen molar-refractivity contribution in [3.05, 3.63) is 60.0 Å². The van der Waals surface area contributed by atoms with E-state index < -0.39 is 12.8 Å². The van der Waals surface area contributed by atoms with Gasteiger partial charge in [0.05, 0.1) is 0 Å². The second-order valence-electron chi connectivity index (χ2n) is 7.15. The fourth-order valence-electron chi connectivity index (χ4n) is 3.62. The third-order valence-electron chi connectivity index (χ3n) is 4.87. The third kappa shape index (κ3) is 4.65. The molecule has 0 bridgehead atoms. The number of rotatable bonds is 5. The zero-order valence-electron chi connectivity index (χ0n) is 15.3. The molecule has 0 amide bonds. The number of alkyl halides is 3.